The van der Waals surface area contributed by atoms with Gasteiger partial charge in [-0.1, -0.05) is 13.8 Å². The molecule has 0 amide bonds. The highest BCUT2D eigenvalue weighted by Gasteiger charge is 1.89. The normalized spacial score (nSPS) is 8.27. The first-order valence-electron chi connectivity index (χ1n) is 3.59. The van der Waals surface area contributed by atoms with E-state index in [-0.39, 0.29) is 0 Å². The van der Waals surface area contributed by atoms with Crippen molar-refractivity contribution in [2.24, 2.45) is 0 Å². The summed E-state index contributed by atoms with van der Waals surface area (Å²) in [6.07, 6.45) is 1.65. The number of hydrogen-bond acceptors (Lipinski definition) is 2. The van der Waals surface area contributed by atoms with Crippen LogP contribution in [0.2, 0.25) is 0 Å². The topological polar surface area (TPSA) is 38.9 Å². The van der Waals surface area contributed by atoms with Crippen molar-refractivity contribution >= 4 is 17.3 Å². The van der Waals surface area contributed by atoms with Crippen LogP contribution in [0, 0.1) is 0 Å². The van der Waals surface area contributed by atoms with E-state index in [9.17, 15) is 0 Å². The predicted octanol–water partition coefficient (Wildman–Crippen LogP) is 2.43. The maximum Gasteiger partial charge on any atom is 0.0648 e. The number of rotatable bonds is 1. The quantitative estimate of drug-likeness (QED) is 0.661. The van der Waals surface area contributed by atoms with Crippen molar-refractivity contribution in [2.45, 2.75) is 19.7 Å². The fourth-order valence-corrected chi connectivity index (χ4v) is 0.716. The summed E-state index contributed by atoms with van der Waals surface area (Å²) in [4.78, 5) is 3.95. The Morgan fingerprint density at radius 3 is 2.55 bits per heavy atom. The van der Waals surface area contributed by atoms with E-state index in [0.717, 1.165) is 5.69 Å². The molecular formula is C8H13ClN2. The van der Waals surface area contributed by atoms with Gasteiger partial charge in [-0.2, -0.15) is 0 Å². The highest BCUT2D eigenvalue weighted by molar-refractivity contribution is 6.16. The van der Waals surface area contributed by atoms with Gasteiger partial charge in [0.25, 0.3) is 0 Å². The zero-order valence-electron chi connectivity index (χ0n) is 6.84. The minimum Gasteiger partial charge on any atom is -0.399 e. The molecule has 0 aliphatic heterocycles. The fourth-order valence-electron chi connectivity index (χ4n) is 0.570. The van der Waals surface area contributed by atoms with Crippen LogP contribution in [0.15, 0.2) is 18.3 Å². The van der Waals surface area contributed by atoms with Crippen LogP contribution in [0.1, 0.15) is 19.5 Å². The molecule has 62 valence electrons. The first-order valence-corrected chi connectivity index (χ1v) is 4.13. The Labute approximate surface area is 72.4 Å². The smallest absolute Gasteiger partial charge is 0.0648 e. The van der Waals surface area contributed by atoms with Gasteiger partial charge in [-0.3, -0.25) is 4.98 Å². The molecule has 0 aromatic carbocycles. The molecule has 0 atom stereocenters. The van der Waals surface area contributed by atoms with E-state index in [2.05, 4.69) is 4.98 Å². The minimum absolute atomic E-state index is 0.422. The third-order valence-electron chi connectivity index (χ3n) is 0.978. The molecule has 0 unspecified atom stereocenters. The lowest BCUT2D eigenvalue weighted by Crippen LogP contribution is -1.88. The van der Waals surface area contributed by atoms with Gasteiger partial charge in [-0.05, 0) is 12.1 Å². The summed E-state index contributed by atoms with van der Waals surface area (Å²) in [5, 5.41) is 0. The maximum absolute atomic E-state index is 5.48. The maximum atomic E-state index is 5.48. The molecule has 1 aromatic heterocycles. The van der Waals surface area contributed by atoms with Gasteiger partial charge in [-0.25, -0.2) is 0 Å². The largest absolute Gasteiger partial charge is 0.399 e. The molecule has 3 heteroatoms. The monoisotopic (exact) mass is 172 g/mol. The zero-order chi connectivity index (χ0) is 8.69. The Balaban J connectivity index is 0.000000461. The number of nitrogens with two attached hydrogens (primary N) is 1. The zero-order valence-corrected chi connectivity index (χ0v) is 7.60. The van der Waals surface area contributed by atoms with E-state index in [1.165, 1.54) is 0 Å². The number of anilines is 1. The van der Waals surface area contributed by atoms with Gasteiger partial charge in [0, 0.05) is 11.9 Å². The Hall–Kier alpha value is -0.760. The lowest BCUT2D eigenvalue weighted by molar-refractivity contribution is 1.17. The number of pyridine rings is 1. The Morgan fingerprint density at radius 1 is 1.55 bits per heavy atom. The molecule has 0 fully saturated rings. The summed E-state index contributed by atoms with van der Waals surface area (Å²) < 4.78 is 0. The predicted molar refractivity (Wildman–Crippen MR) is 49.6 cm³/mol. The van der Waals surface area contributed by atoms with Crippen molar-refractivity contribution in [1.29, 1.82) is 0 Å². The van der Waals surface area contributed by atoms with Gasteiger partial charge in [-0.15, -0.1) is 11.6 Å². The molecule has 0 bridgehead atoms. The molecule has 2 nitrogen and oxygen atoms in total. The van der Waals surface area contributed by atoms with Gasteiger partial charge in [0.2, 0.25) is 0 Å². The van der Waals surface area contributed by atoms with Crippen molar-refractivity contribution in [3.8, 4) is 0 Å². The average Bonchev–Trinajstić information content (AvgIpc) is 2.08. The molecule has 0 saturated heterocycles. The average molecular weight is 173 g/mol. The van der Waals surface area contributed by atoms with E-state index in [4.69, 9.17) is 17.3 Å². The van der Waals surface area contributed by atoms with Crippen molar-refractivity contribution in [2.75, 3.05) is 5.73 Å². The van der Waals surface area contributed by atoms with Crippen LogP contribution in [0.5, 0.6) is 0 Å². The van der Waals surface area contributed by atoms with Crippen molar-refractivity contribution in [3.05, 3.63) is 24.0 Å². The van der Waals surface area contributed by atoms with E-state index < -0.39 is 0 Å². The van der Waals surface area contributed by atoms with Crippen molar-refractivity contribution in [1.82, 2.24) is 4.98 Å². The summed E-state index contributed by atoms with van der Waals surface area (Å²) in [6, 6.07) is 3.49. The van der Waals surface area contributed by atoms with Gasteiger partial charge < -0.3 is 5.73 Å². The Morgan fingerprint density at radius 2 is 2.18 bits per heavy atom. The van der Waals surface area contributed by atoms with Gasteiger partial charge in [0.05, 0.1) is 11.6 Å². The van der Waals surface area contributed by atoms with Crippen LogP contribution in [-0.2, 0) is 5.88 Å². The SMILES string of the molecule is CC.Nc1ccnc(CCl)c1. The van der Waals surface area contributed by atoms with Crippen LogP contribution in [0.25, 0.3) is 0 Å². The third kappa shape index (κ3) is 3.83. The summed E-state index contributed by atoms with van der Waals surface area (Å²) in [7, 11) is 0. The molecule has 0 aliphatic rings. The van der Waals surface area contributed by atoms with Gasteiger partial charge in [0.15, 0.2) is 0 Å². The second-order valence-corrected chi connectivity index (χ2v) is 1.98. The number of halogens is 1. The highest BCUT2D eigenvalue weighted by atomic mass is 35.5. The molecule has 0 saturated carbocycles. The van der Waals surface area contributed by atoms with E-state index in [1.807, 2.05) is 13.8 Å². The fraction of sp³-hybridized carbons (Fsp3) is 0.375. The van der Waals surface area contributed by atoms with Crippen LogP contribution < -0.4 is 5.73 Å². The molecule has 0 spiro atoms. The van der Waals surface area contributed by atoms with Crippen LogP contribution in [0.4, 0.5) is 5.69 Å². The van der Waals surface area contributed by atoms with Crippen LogP contribution in [-0.4, -0.2) is 4.98 Å². The lowest BCUT2D eigenvalue weighted by Gasteiger charge is -1.93. The van der Waals surface area contributed by atoms with Crippen LogP contribution in [0.3, 0.4) is 0 Å². The summed E-state index contributed by atoms with van der Waals surface area (Å²) in [5.74, 6) is 0.422. The molecular weight excluding hydrogens is 160 g/mol. The first-order chi connectivity index (χ1) is 5.33. The van der Waals surface area contributed by atoms with Crippen molar-refractivity contribution in [3.63, 3.8) is 0 Å². The molecule has 0 radical (unpaired) electrons. The van der Waals surface area contributed by atoms with E-state index in [0.29, 0.717) is 11.6 Å². The van der Waals surface area contributed by atoms with E-state index >= 15 is 0 Å². The second-order valence-electron chi connectivity index (χ2n) is 1.71. The molecule has 2 N–H and O–H groups in total. The molecule has 1 aromatic rings. The van der Waals surface area contributed by atoms with E-state index in [1.54, 1.807) is 18.3 Å². The minimum atomic E-state index is 0.422. The second kappa shape index (κ2) is 5.98. The molecule has 11 heavy (non-hydrogen) atoms. The lowest BCUT2D eigenvalue weighted by atomic mass is 10.3. The standard InChI is InChI=1S/C6H7ClN2.C2H6/c7-4-6-3-5(8)1-2-9-6;1-2/h1-3H,4H2,(H2,8,9);1-2H3. The number of hydrogen-bond donors (Lipinski definition) is 1. The Kier molecular flexibility index (Phi) is 5.57. The molecule has 1 rings (SSSR count). The third-order valence-corrected chi connectivity index (χ3v) is 1.25. The van der Waals surface area contributed by atoms with Gasteiger partial charge >= 0.3 is 0 Å². The van der Waals surface area contributed by atoms with Crippen LogP contribution >= 0.6 is 11.6 Å². The Bertz CT molecular complexity index is 201. The molecule has 0 aliphatic carbocycles. The number of nitrogens with zero attached hydrogens (tertiary/aromatic N) is 1. The van der Waals surface area contributed by atoms with Crippen molar-refractivity contribution < 1.29 is 0 Å². The number of nitrogen functional groups attached to an aromatic ring is 1. The van der Waals surface area contributed by atoms with Gasteiger partial charge in [0.1, 0.15) is 0 Å². The number of aromatic nitrogens is 1. The summed E-state index contributed by atoms with van der Waals surface area (Å²) in [6.45, 7) is 4.00. The highest BCUT2D eigenvalue weighted by Crippen LogP contribution is 2.04. The summed E-state index contributed by atoms with van der Waals surface area (Å²) in [5.41, 5.74) is 6.96. The number of alkyl halides is 1. The first kappa shape index (κ1) is 10.2. The molecule has 1 heterocycles. The summed E-state index contributed by atoms with van der Waals surface area (Å²) >= 11 is 5.48.